The Morgan fingerprint density at radius 1 is 1.44 bits per heavy atom. The number of anilines is 1. The van der Waals surface area contributed by atoms with Gasteiger partial charge in [0, 0.05) is 0 Å². The molecule has 1 aromatic carbocycles. The van der Waals surface area contributed by atoms with E-state index in [0.29, 0.717) is 5.56 Å². The number of nitrogen functional groups attached to an aromatic ring is 1. The van der Waals surface area contributed by atoms with Crippen molar-refractivity contribution in [3.63, 3.8) is 0 Å². The van der Waals surface area contributed by atoms with Gasteiger partial charge in [0.2, 0.25) is 0 Å². The second-order valence-corrected chi connectivity index (χ2v) is 4.62. The highest BCUT2D eigenvalue weighted by Gasteiger charge is 2.16. The van der Waals surface area contributed by atoms with Gasteiger partial charge in [-0.05, 0) is 38.5 Å². The van der Waals surface area contributed by atoms with Crippen molar-refractivity contribution in [3.8, 4) is 0 Å². The van der Waals surface area contributed by atoms with E-state index in [4.69, 9.17) is 10.5 Å². The Balaban J connectivity index is 2.67. The lowest BCUT2D eigenvalue weighted by Crippen LogP contribution is -2.24. The average Bonchev–Trinajstić information content (AvgIpc) is 2.08. The smallest absolute Gasteiger partial charge is 0.310 e. The molecule has 0 aromatic heterocycles. The second kappa shape index (κ2) is 4.51. The van der Waals surface area contributed by atoms with Crippen molar-refractivity contribution < 1.29 is 13.9 Å². The van der Waals surface area contributed by atoms with E-state index in [2.05, 4.69) is 0 Å². The minimum Gasteiger partial charge on any atom is -0.460 e. The fraction of sp³-hybridized carbons (Fsp3) is 0.417. The van der Waals surface area contributed by atoms with Crippen LogP contribution in [0.5, 0.6) is 0 Å². The van der Waals surface area contributed by atoms with Crippen LogP contribution in [0.1, 0.15) is 26.3 Å². The number of nitrogens with two attached hydrogens (primary N) is 1. The molecule has 0 atom stereocenters. The summed E-state index contributed by atoms with van der Waals surface area (Å²) in [6, 6.07) is 4.30. The molecular formula is C12H16FNO2. The molecule has 0 bridgehead atoms. The number of hydrogen-bond donors (Lipinski definition) is 1. The fourth-order valence-corrected chi connectivity index (χ4v) is 1.22. The van der Waals surface area contributed by atoms with Crippen LogP contribution in [0.15, 0.2) is 18.2 Å². The lowest BCUT2D eigenvalue weighted by molar-refractivity contribution is -0.153. The Morgan fingerprint density at radius 2 is 2.06 bits per heavy atom. The van der Waals surface area contributed by atoms with E-state index in [9.17, 15) is 9.18 Å². The normalized spacial score (nSPS) is 11.2. The van der Waals surface area contributed by atoms with Crippen LogP contribution >= 0.6 is 0 Å². The van der Waals surface area contributed by atoms with Crippen molar-refractivity contribution in [2.45, 2.75) is 32.8 Å². The summed E-state index contributed by atoms with van der Waals surface area (Å²) in [5, 5.41) is 0. The summed E-state index contributed by atoms with van der Waals surface area (Å²) in [6.07, 6.45) is 0.0501. The molecule has 0 aliphatic heterocycles. The van der Waals surface area contributed by atoms with Crippen molar-refractivity contribution in [3.05, 3.63) is 29.6 Å². The van der Waals surface area contributed by atoms with Crippen LogP contribution in [0.2, 0.25) is 0 Å². The second-order valence-electron chi connectivity index (χ2n) is 4.62. The van der Waals surface area contributed by atoms with Crippen LogP contribution in [-0.4, -0.2) is 11.6 Å². The largest absolute Gasteiger partial charge is 0.460 e. The predicted octanol–water partition coefficient (Wildman–Crippen LogP) is 2.29. The van der Waals surface area contributed by atoms with Crippen LogP contribution < -0.4 is 5.73 Å². The first-order chi connectivity index (χ1) is 7.28. The van der Waals surface area contributed by atoms with Crippen LogP contribution in [-0.2, 0) is 16.0 Å². The minimum atomic E-state index is -0.524. The van der Waals surface area contributed by atoms with Gasteiger partial charge in [-0.15, -0.1) is 0 Å². The average molecular weight is 225 g/mol. The van der Waals surface area contributed by atoms with E-state index in [1.807, 2.05) is 0 Å². The van der Waals surface area contributed by atoms with Gasteiger partial charge in [0.25, 0.3) is 0 Å². The summed E-state index contributed by atoms with van der Waals surface area (Å²) < 4.78 is 18.2. The molecule has 0 heterocycles. The van der Waals surface area contributed by atoms with Crippen molar-refractivity contribution in [2.75, 3.05) is 5.73 Å². The monoisotopic (exact) mass is 225 g/mol. The number of halogens is 1. The van der Waals surface area contributed by atoms with Crippen molar-refractivity contribution in [1.82, 2.24) is 0 Å². The Morgan fingerprint density at radius 3 is 2.56 bits per heavy atom. The Kier molecular flexibility index (Phi) is 3.52. The molecule has 0 aliphatic rings. The number of ether oxygens (including phenoxy) is 1. The molecule has 88 valence electrons. The summed E-state index contributed by atoms with van der Waals surface area (Å²) in [4.78, 5) is 11.4. The summed E-state index contributed by atoms with van der Waals surface area (Å²) in [7, 11) is 0. The van der Waals surface area contributed by atoms with Crippen LogP contribution in [0.4, 0.5) is 10.1 Å². The number of rotatable bonds is 2. The van der Waals surface area contributed by atoms with Crippen molar-refractivity contribution >= 4 is 11.7 Å². The zero-order valence-electron chi connectivity index (χ0n) is 9.71. The third-order valence-corrected chi connectivity index (χ3v) is 1.83. The maximum atomic E-state index is 13.1. The van der Waals surface area contributed by atoms with E-state index < -0.39 is 11.4 Å². The Bertz CT molecular complexity index is 396. The maximum absolute atomic E-state index is 13.1. The van der Waals surface area contributed by atoms with Crippen LogP contribution in [0, 0.1) is 5.82 Å². The van der Waals surface area contributed by atoms with E-state index in [1.54, 1.807) is 26.8 Å². The first-order valence-electron chi connectivity index (χ1n) is 5.04. The van der Waals surface area contributed by atoms with Gasteiger partial charge in [-0.25, -0.2) is 4.39 Å². The van der Waals surface area contributed by atoms with Gasteiger partial charge < -0.3 is 10.5 Å². The molecule has 0 spiro atoms. The zero-order chi connectivity index (χ0) is 12.3. The SMILES string of the molecule is CC(C)(C)OC(=O)Cc1ccc(N)c(F)c1. The highest BCUT2D eigenvalue weighted by atomic mass is 19.1. The highest BCUT2D eigenvalue weighted by molar-refractivity contribution is 5.73. The standard InChI is InChI=1S/C12H16FNO2/c1-12(2,3)16-11(15)7-8-4-5-10(14)9(13)6-8/h4-6H,7,14H2,1-3H3. The van der Waals surface area contributed by atoms with Gasteiger partial charge in [0.1, 0.15) is 11.4 Å². The first kappa shape index (κ1) is 12.5. The number of carbonyl (C=O) groups excluding carboxylic acids is 1. The quantitative estimate of drug-likeness (QED) is 0.620. The molecule has 0 saturated heterocycles. The molecule has 0 amide bonds. The summed E-state index contributed by atoms with van der Waals surface area (Å²) >= 11 is 0. The molecule has 0 aliphatic carbocycles. The molecule has 0 unspecified atom stereocenters. The van der Waals surface area contributed by atoms with Crippen molar-refractivity contribution in [1.29, 1.82) is 0 Å². The van der Waals surface area contributed by atoms with Crippen molar-refractivity contribution in [2.24, 2.45) is 0 Å². The molecule has 1 aromatic rings. The molecule has 0 radical (unpaired) electrons. The Labute approximate surface area is 94.4 Å². The predicted molar refractivity (Wildman–Crippen MR) is 60.4 cm³/mol. The number of benzene rings is 1. The first-order valence-corrected chi connectivity index (χ1v) is 5.04. The van der Waals surface area contributed by atoms with E-state index in [1.165, 1.54) is 12.1 Å². The van der Waals surface area contributed by atoms with E-state index in [-0.39, 0.29) is 18.1 Å². The van der Waals surface area contributed by atoms with Crippen LogP contribution in [0.3, 0.4) is 0 Å². The molecule has 16 heavy (non-hydrogen) atoms. The van der Waals surface area contributed by atoms with Gasteiger partial charge in [0.05, 0.1) is 12.1 Å². The third kappa shape index (κ3) is 3.88. The number of hydrogen-bond acceptors (Lipinski definition) is 3. The van der Waals surface area contributed by atoms with Gasteiger partial charge in [0.15, 0.2) is 0 Å². The molecule has 0 fully saturated rings. The molecule has 4 heteroatoms. The molecule has 0 saturated carbocycles. The van der Waals surface area contributed by atoms with E-state index >= 15 is 0 Å². The third-order valence-electron chi connectivity index (χ3n) is 1.83. The zero-order valence-corrected chi connectivity index (χ0v) is 9.71. The number of carbonyl (C=O) groups is 1. The molecular weight excluding hydrogens is 209 g/mol. The van der Waals surface area contributed by atoms with Crippen LogP contribution in [0.25, 0.3) is 0 Å². The number of esters is 1. The fourth-order valence-electron chi connectivity index (χ4n) is 1.22. The molecule has 3 nitrogen and oxygen atoms in total. The minimum absolute atomic E-state index is 0.0501. The summed E-state index contributed by atoms with van der Waals surface area (Å²) in [6.45, 7) is 5.36. The van der Waals surface area contributed by atoms with Gasteiger partial charge >= 0.3 is 5.97 Å². The highest BCUT2D eigenvalue weighted by Crippen LogP contribution is 2.14. The Hall–Kier alpha value is -1.58. The van der Waals surface area contributed by atoms with Gasteiger partial charge in [-0.2, -0.15) is 0 Å². The lowest BCUT2D eigenvalue weighted by atomic mass is 10.1. The topological polar surface area (TPSA) is 52.3 Å². The summed E-state index contributed by atoms with van der Waals surface area (Å²) in [5.41, 5.74) is 5.44. The van der Waals surface area contributed by atoms with Gasteiger partial charge in [-0.1, -0.05) is 6.07 Å². The summed E-state index contributed by atoms with van der Waals surface area (Å²) in [5.74, 6) is -0.891. The lowest BCUT2D eigenvalue weighted by Gasteiger charge is -2.19. The molecule has 1 rings (SSSR count). The van der Waals surface area contributed by atoms with E-state index in [0.717, 1.165) is 0 Å². The van der Waals surface area contributed by atoms with Gasteiger partial charge in [-0.3, -0.25) is 4.79 Å². The molecule has 2 N–H and O–H groups in total. The maximum Gasteiger partial charge on any atom is 0.310 e.